The first kappa shape index (κ1) is 20.7. The van der Waals surface area contributed by atoms with Crippen molar-refractivity contribution in [3.8, 4) is 0 Å². The first-order valence-corrected chi connectivity index (χ1v) is 10.2. The predicted octanol–water partition coefficient (Wildman–Crippen LogP) is 3.31. The smallest absolute Gasteiger partial charge is 0.348 e. The molecule has 0 saturated carbocycles. The molecule has 1 aromatic carbocycles. The number of thiazole rings is 1. The molecule has 0 aliphatic rings. The highest BCUT2D eigenvalue weighted by Gasteiger charge is 2.17. The molecule has 1 N–H and O–H groups in total. The minimum atomic E-state index is -0.582. The number of benzene rings is 1. The first-order valence-electron chi connectivity index (χ1n) is 8.52. The van der Waals surface area contributed by atoms with E-state index in [1.54, 1.807) is 25.1 Å². The number of carbonyl (C=O) groups is 3. The van der Waals surface area contributed by atoms with Gasteiger partial charge in [0.1, 0.15) is 9.71 Å². The number of amides is 1. The number of rotatable bonds is 6. The summed E-state index contributed by atoms with van der Waals surface area (Å²) in [4.78, 5) is 43.5. The van der Waals surface area contributed by atoms with Gasteiger partial charge >= 0.3 is 11.9 Å². The van der Waals surface area contributed by atoms with Crippen LogP contribution in [0.4, 0.5) is 10.8 Å². The van der Waals surface area contributed by atoms with Crippen LogP contribution in [0, 0.1) is 6.92 Å². The summed E-state index contributed by atoms with van der Waals surface area (Å²) < 4.78 is 10.7. The Bertz CT molecular complexity index is 1060. The van der Waals surface area contributed by atoms with Crippen molar-refractivity contribution in [1.29, 1.82) is 0 Å². The number of anilines is 2. The van der Waals surface area contributed by atoms with E-state index in [-0.39, 0.29) is 0 Å². The van der Waals surface area contributed by atoms with E-state index in [9.17, 15) is 14.4 Å². The molecular weight excluding hydrogens is 414 g/mol. The number of nitrogens with one attached hydrogen (secondary N) is 1. The Morgan fingerprint density at radius 1 is 1.14 bits per heavy atom. The van der Waals surface area contributed by atoms with Crippen LogP contribution in [0.25, 0.3) is 9.53 Å². The number of nitrogens with zero attached hydrogens (tertiary/aromatic N) is 2. The molecule has 0 radical (unpaired) electrons. The largest absolute Gasteiger partial charge is 0.465 e. The molecule has 0 saturated heterocycles. The fourth-order valence-electron chi connectivity index (χ4n) is 2.41. The van der Waals surface area contributed by atoms with E-state index < -0.39 is 24.5 Å². The van der Waals surface area contributed by atoms with Crippen molar-refractivity contribution >= 4 is 60.9 Å². The second-order valence-electron chi connectivity index (χ2n) is 6.32. The number of fused-ring (bicyclic) bond motifs is 1. The van der Waals surface area contributed by atoms with Crippen molar-refractivity contribution in [3.63, 3.8) is 0 Å². The Morgan fingerprint density at radius 2 is 1.90 bits per heavy atom. The molecule has 10 heteroatoms. The van der Waals surface area contributed by atoms with Crippen LogP contribution in [0.1, 0.15) is 25.6 Å². The second kappa shape index (κ2) is 8.58. The van der Waals surface area contributed by atoms with E-state index in [2.05, 4.69) is 15.0 Å². The highest BCUT2D eigenvalue weighted by Crippen LogP contribution is 2.34. The molecule has 0 bridgehead atoms. The third-order valence-electron chi connectivity index (χ3n) is 3.93. The fourth-order valence-corrected chi connectivity index (χ4v) is 4.43. The van der Waals surface area contributed by atoms with E-state index in [4.69, 9.17) is 4.74 Å². The maximum atomic E-state index is 12.3. The van der Waals surface area contributed by atoms with Crippen molar-refractivity contribution in [2.45, 2.75) is 6.92 Å². The maximum Gasteiger partial charge on any atom is 0.348 e. The third kappa shape index (κ3) is 4.72. The molecule has 2 aromatic heterocycles. The summed E-state index contributed by atoms with van der Waals surface area (Å²) >= 11 is 2.70. The average Bonchev–Trinajstić information content (AvgIpc) is 3.26. The average molecular weight is 434 g/mol. The number of ether oxygens (including phenoxy) is 2. The van der Waals surface area contributed by atoms with Crippen LogP contribution in [0.3, 0.4) is 0 Å². The van der Waals surface area contributed by atoms with Crippen LogP contribution in [0.15, 0.2) is 24.3 Å². The SMILES string of the molecule is COC(=O)c1ccc(C)c(NC(=O)COC(=O)c2cc3sc(N(C)C)nc3s2)c1. The van der Waals surface area contributed by atoms with E-state index in [0.717, 1.165) is 20.2 Å². The van der Waals surface area contributed by atoms with Crippen LogP contribution in [0.2, 0.25) is 0 Å². The van der Waals surface area contributed by atoms with Gasteiger partial charge in [0.15, 0.2) is 11.7 Å². The zero-order valence-electron chi connectivity index (χ0n) is 16.3. The van der Waals surface area contributed by atoms with Gasteiger partial charge in [0.25, 0.3) is 5.91 Å². The van der Waals surface area contributed by atoms with Gasteiger partial charge in [-0.2, -0.15) is 0 Å². The number of hydrogen-bond donors (Lipinski definition) is 1. The lowest BCUT2D eigenvalue weighted by atomic mass is 10.1. The van der Waals surface area contributed by atoms with Crippen molar-refractivity contribution < 1.29 is 23.9 Å². The van der Waals surface area contributed by atoms with Crippen LogP contribution >= 0.6 is 22.7 Å². The lowest BCUT2D eigenvalue weighted by molar-refractivity contribution is -0.119. The number of thiophene rings is 1. The van der Waals surface area contributed by atoms with Crippen LogP contribution in [-0.2, 0) is 14.3 Å². The highest BCUT2D eigenvalue weighted by molar-refractivity contribution is 7.29. The Balaban J connectivity index is 1.61. The molecule has 2 heterocycles. The van der Waals surface area contributed by atoms with Crippen molar-refractivity contribution in [3.05, 3.63) is 40.3 Å². The number of methoxy groups -OCH3 is 1. The summed E-state index contributed by atoms with van der Waals surface area (Å²) in [6.45, 7) is 1.35. The van der Waals surface area contributed by atoms with Crippen LogP contribution in [-0.4, -0.2) is 50.6 Å². The van der Waals surface area contributed by atoms with E-state index >= 15 is 0 Å². The Hall–Kier alpha value is -2.98. The van der Waals surface area contributed by atoms with E-state index in [1.165, 1.54) is 35.8 Å². The van der Waals surface area contributed by atoms with Gasteiger partial charge in [0.2, 0.25) is 0 Å². The fraction of sp³-hybridized carbons (Fsp3) is 0.263. The van der Waals surface area contributed by atoms with Gasteiger partial charge in [-0.25, -0.2) is 14.6 Å². The normalized spacial score (nSPS) is 10.6. The Labute approximate surface area is 175 Å². The van der Waals surface area contributed by atoms with Gasteiger partial charge in [-0.1, -0.05) is 17.4 Å². The number of aryl methyl sites for hydroxylation is 1. The van der Waals surface area contributed by atoms with Gasteiger partial charge in [-0.3, -0.25) is 4.79 Å². The molecule has 0 fully saturated rings. The summed E-state index contributed by atoms with van der Waals surface area (Å²) in [5.74, 6) is -1.59. The minimum absolute atomic E-state index is 0.314. The molecule has 3 rings (SSSR count). The quantitative estimate of drug-likeness (QED) is 0.596. The highest BCUT2D eigenvalue weighted by atomic mass is 32.1. The number of hydrogen-bond acceptors (Lipinski definition) is 9. The van der Waals surface area contributed by atoms with Gasteiger partial charge in [0, 0.05) is 19.8 Å². The summed E-state index contributed by atoms with van der Waals surface area (Å²) in [6.07, 6.45) is 0. The van der Waals surface area contributed by atoms with Crippen molar-refractivity contribution in [2.24, 2.45) is 0 Å². The summed E-state index contributed by atoms with van der Waals surface area (Å²) in [6, 6.07) is 6.54. The molecule has 0 aliphatic carbocycles. The molecule has 1 amide bonds. The minimum Gasteiger partial charge on any atom is -0.465 e. The van der Waals surface area contributed by atoms with Gasteiger partial charge in [-0.05, 0) is 30.7 Å². The van der Waals surface area contributed by atoms with E-state index in [0.29, 0.717) is 16.1 Å². The Morgan fingerprint density at radius 3 is 2.55 bits per heavy atom. The van der Waals surface area contributed by atoms with Crippen LogP contribution in [0.5, 0.6) is 0 Å². The number of carbonyl (C=O) groups excluding carboxylic acids is 3. The number of aromatic nitrogens is 1. The van der Waals surface area contributed by atoms with Gasteiger partial charge in [0.05, 0.1) is 17.4 Å². The lowest BCUT2D eigenvalue weighted by Gasteiger charge is -2.10. The standard InChI is InChI=1S/C19H19N3O5S2/c1-10-5-6-11(17(24)26-4)7-12(10)20-15(23)9-27-18(25)14-8-13-16(28-14)21-19(29-13)22(2)3/h5-8H,9H2,1-4H3,(H,20,23). The molecule has 152 valence electrons. The molecule has 0 aliphatic heterocycles. The maximum absolute atomic E-state index is 12.3. The van der Waals surface area contributed by atoms with Gasteiger partial charge < -0.3 is 19.7 Å². The molecule has 0 atom stereocenters. The van der Waals surface area contributed by atoms with E-state index in [1.807, 2.05) is 19.0 Å². The van der Waals surface area contributed by atoms with Crippen LogP contribution < -0.4 is 10.2 Å². The molecule has 3 aromatic rings. The second-order valence-corrected chi connectivity index (χ2v) is 8.36. The predicted molar refractivity (Wildman–Crippen MR) is 113 cm³/mol. The monoisotopic (exact) mass is 433 g/mol. The summed E-state index contributed by atoms with van der Waals surface area (Å²) in [5, 5.41) is 3.50. The zero-order valence-corrected chi connectivity index (χ0v) is 17.9. The third-order valence-corrected chi connectivity index (χ3v) is 6.24. The topological polar surface area (TPSA) is 97.8 Å². The summed E-state index contributed by atoms with van der Waals surface area (Å²) in [5.41, 5.74) is 1.53. The summed E-state index contributed by atoms with van der Waals surface area (Å²) in [7, 11) is 5.09. The molecule has 8 nitrogen and oxygen atoms in total. The molecule has 0 unspecified atom stereocenters. The van der Waals surface area contributed by atoms with Crippen molar-refractivity contribution in [2.75, 3.05) is 38.0 Å². The molecule has 0 spiro atoms. The number of esters is 2. The zero-order chi connectivity index (χ0) is 21.1. The lowest BCUT2D eigenvalue weighted by Crippen LogP contribution is -2.21. The molecular formula is C19H19N3O5S2. The first-order chi connectivity index (χ1) is 13.8. The van der Waals surface area contributed by atoms with Crippen molar-refractivity contribution in [1.82, 2.24) is 4.98 Å². The van der Waals surface area contributed by atoms with Gasteiger partial charge in [-0.15, -0.1) is 11.3 Å². The molecule has 29 heavy (non-hydrogen) atoms. The Kier molecular flexibility index (Phi) is 6.14.